The third-order valence-corrected chi connectivity index (χ3v) is 5.64. The van der Waals surface area contributed by atoms with Crippen LogP contribution in [-0.2, 0) is 0 Å². The maximum atomic E-state index is 12.8. The molecule has 0 saturated heterocycles. The van der Waals surface area contributed by atoms with E-state index in [1.165, 1.54) is 19.3 Å². The Morgan fingerprint density at radius 3 is 2.70 bits per heavy atom. The van der Waals surface area contributed by atoms with Crippen molar-refractivity contribution in [1.82, 2.24) is 10.3 Å². The summed E-state index contributed by atoms with van der Waals surface area (Å²) in [7, 11) is 1.65. The van der Waals surface area contributed by atoms with Gasteiger partial charge in [-0.05, 0) is 50.1 Å². The van der Waals surface area contributed by atoms with Gasteiger partial charge in [-0.25, -0.2) is 4.98 Å². The lowest BCUT2D eigenvalue weighted by Gasteiger charge is -2.22. The van der Waals surface area contributed by atoms with Crippen LogP contribution in [0.4, 0.5) is 0 Å². The van der Waals surface area contributed by atoms with Crippen LogP contribution in [0.2, 0.25) is 0 Å². The number of carbonyl (C=O) groups excluding carboxylic acids is 1. The van der Waals surface area contributed by atoms with Gasteiger partial charge in [0.15, 0.2) is 0 Å². The molecule has 156 valence electrons. The molecule has 5 heteroatoms. The minimum atomic E-state index is -0.0249. The Morgan fingerprint density at radius 1 is 1.10 bits per heavy atom. The van der Waals surface area contributed by atoms with Gasteiger partial charge in [-0.1, -0.05) is 31.4 Å². The molecule has 1 aliphatic rings. The fraction of sp³-hybridized carbons (Fsp3) is 0.360. The minimum Gasteiger partial charge on any atom is -0.497 e. The lowest BCUT2D eigenvalue weighted by atomic mass is 9.95. The van der Waals surface area contributed by atoms with E-state index in [4.69, 9.17) is 14.5 Å². The monoisotopic (exact) mass is 404 g/mol. The average molecular weight is 405 g/mol. The van der Waals surface area contributed by atoms with Crippen molar-refractivity contribution in [2.75, 3.05) is 13.7 Å². The third kappa shape index (κ3) is 4.40. The van der Waals surface area contributed by atoms with E-state index in [0.29, 0.717) is 12.2 Å². The van der Waals surface area contributed by atoms with Gasteiger partial charge in [0.25, 0.3) is 5.91 Å². The van der Waals surface area contributed by atoms with Crippen molar-refractivity contribution in [3.8, 4) is 22.8 Å². The quantitative estimate of drug-likeness (QED) is 0.600. The van der Waals surface area contributed by atoms with Gasteiger partial charge in [0, 0.05) is 28.6 Å². The lowest BCUT2D eigenvalue weighted by molar-refractivity contribution is 0.0928. The van der Waals surface area contributed by atoms with Crippen LogP contribution in [0.1, 0.15) is 49.4 Å². The second-order valence-corrected chi connectivity index (χ2v) is 7.71. The third-order valence-electron chi connectivity index (χ3n) is 5.64. The number of rotatable bonds is 6. The molecule has 2 aromatic carbocycles. The van der Waals surface area contributed by atoms with E-state index in [0.717, 1.165) is 46.5 Å². The molecule has 30 heavy (non-hydrogen) atoms. The Bertz CT molecular complexity index is 1040. The van der Waals surface area contributed by atoms with Gasteiger partial charge in [0.2, 0.25) is 0 Å². The summed E-state index contributed by atoms with van der Waals surface area (Å²) in [6.45, 7) is 2.49. The predicted molar refractivity (Wildman–Crippen MR) is 119 cm³/mol. The van der Waals surface area contributed by atoms with Gasteiger partial charge >= 0.3 is 0 Å². The van der Waals surface area contributed by atoms with E-state index >= 15 is 0 Å². The lowest BCUT2D eigenvalue weighted by Crippen LogP contribution is -2.36. The molecule has 0 bridgehead atoms. The number of benzene rings is 2. The fourth-order valence-electron chi connectivity index (χ4n) is 4.06. The van der Waals surface area contributed by atoms with Gasteiger partial charge in [0.05, 0.1) is 24.9 Å². The van der Waals surface area contributed by atoms with Crippen molar-refractivity contribution in [1.29, 1.82) is 0 Å². The zero-order valence-electron chi connectivity index (χ0n) is 17.6. The Hall–Kier alpha value is -3.08. The molecule has 0 aliphatic heterocycles. The highest BCUT2D eigenvalue weighted by atomic mass is 16.5. The maximum absolute atomic E-state index is 12.8. The van der Waals surface area contributed by atoms with Crippen molar-refractivity contribution in [3.05, 3.63) is 54.1 Å². The van der Waals surface area contributed by atoms with Crippen LogP contribution in [0.3, 0.4) is 0 Å². The zero-order chi connectivity index (χ0) is 20.9. The van der Waals surface area contributed by atoms with Gasteiger partial charge in [-0.15, -0.1) is 0 Å². The van der Waals surface area contributed by atoms with Crippen LogP contribution >= 0.6 is 0 Å². The molecule has 1 N–H and O–H groups in total. The predicted octanol–water partition coefficient (Wildman–Crippen LogP) is 5.37. The van der Waals surface area contributed by atoms with Crippen molar-refractivity contribution in [3.63, 3.8) is 0 Å². The first-order valence-electron chi connectivity index (χ1n) is 10.7. The molecule has 0 radical (unpaired) electrons. The highest BCUT2D eigenvalue weighted by Gasteiger charge is 2.18. The zero-order valence-corrected chi connectivity index (χ0v) is 17.6. The molecular formula is C25H28N2O3. The molecule has 1 saturated carbocycles. The molecule has 3 aromatic rings. The van der Waals surface area contributed by atoms with Crippen molar-refractivity contribution in [2.45, 2.75) is 45.1 Å². The first-order valence-corrected chi connectivity index (χ1v) is 10.7. The van der Waals surface area contributed by atoms with E-state index in [-0.39, 0.29) is 11.9 Å². The summed E-state index contributed by atoms with van der Waals surface area (Å²) in [6, 6.07) is 15.7. The first kappa shape index (κ1) is 20.2. The number of pyridine rings is 1. The molecule has 1 heterocycles. The molecule has 1 aliphatic carbocycles. The number of fused-ring (bicyclic) bond motifs is 1. The van der Waals surface area contributed by atoms with Crippen LogP contribution < -0.4 is 14.8 Å². The van der Waals surface area contributed by atoms with Crippen LogP contribution in [0.5, 0.6) is 11.5 Å². The minimum absolute atomic E-state index is 0.0249. The number of ether oxygens (including phenoxy) is 2. The molecule has 1 aromatic heterocycles. The largest absolute Gasteiger partial charge is 0.497 e. The molecule has 5 nitrogen and oxygen atoms in total. The summed E-state index contributed by atoms with van der Waals surface area (Å²) in [5, 5.41) is 4.03. The van der Waals surface area contributed by atoms with E-state index in [2.05, 4.69) is 5.32 Å². The summed E-state index contributed by atoms with van der Waals surface area (Å²) >= 11 is 0. The van der Waals surface area contributed by atoms with Crippen molar-refractivity contribution in [2.24, 2.45) is 0 Å². The van der Waals surface area contributed by atoms with Gasteiger partial charge in [0.1, 0.15) is 11.5 Å². The van der Waals surface area contributed by atoms with Crippen LogP contribution in [0.15, 0.2) is 48.5 Å². The summed E-state index contributed by atoms with van der Waals surface area (Å²) in [5.41, 5.74) is 3.21. The summed E-state index contributed by atoms with van der Waals surface area (Å²) in [5.74, 6) is 1.48. The second kappa shape index (κ2) is 9.16. The first-order chi connectivity index (χ1) is 14.7. The molecular weight excluding hydrogens is 376 g/mol. The van der Waals surface area contributed by atoms with E-state index < -0.39 is 0 Å². The highest BCUT2D eigenvalue weighted by molar-refractivity contribution is 6.00. The number of nitrogens with one attached hydrogen (secondary N) is 1. The molecule has 1 amide bonds. The smallest absolute Gasteiger partial charge is 0.251 e. The molecule has 4 rings (SSSR count). The molecule has 0 atom stereocenters. The summed E-state index contributed by atoms with van der Waals surface area (Å²) in [6.07, 6.45) is 5.77. The van der Waals surface area contributed by atoms with Crippen molar-refractivity contribution < 1.29 is 14.3 Å². The van der Waals surface area contributed by atoms with Gasteiger partial charge in [-0.2, -0.15) is 0 Å². The fourth-order valence-corrected chi connectivity index (χ4v) is 4.06. The topological polar surface area (TPSA) is 60.5 Å². The number of hydrogen-bond donors (Lipinski definition) is 1. The van der Waals surface area contributed by atoms with Gasteiger partial charge in [-0.3, -0.25) is 4.79 Å². The molecule has 0 spiro atoms. The summed E-state index contributed by atoms with van der Waals surface area (Å²) in [4.78, 5) is 17.6. The number of amides is 1. The summed E-state index contributed by atoms with van der Waals surface area (Å²) < 4.78 is 11.3. The Morgan fingerprint density at radius 2 is 1.93 bits per heavy atom. The van der Waals surface area contributed by atoms with E-state index in [1.807, 2.05) is 55.5 Å². The number of methoxy groups -OCH3 is 1. The van der Waals surface area contributed by atoms with Crippen LogP contribution in [0, 0.1) is 0 Å². The van der Waals surface area contributed by atoms with Crippen LogP contribution in [-0.4, -0.2) is 30.6 Å². The highest BCUT2D eigenvalue weighted by Crippen LogP contribution is 2.32. The van der Waals surface area contributed by atoms with E-state index in [1.54, 1.807) is 7.11 Å². The van der Waals surface area contributed by atoms with Gasteiger partial charge < -0.3 is 14.8 Å². The van der Waals surface area contributed by atoms with Crippen LogP contribution in [0.25, 0.3) is 22.2 Å². The number of carbonyl (C=O) groups is 1. The molecule has 1 fully saturated rings. The van der Waals surface area contributed by atoms with E-state index in [9.17, 15) is 4.79 Å². The standard InChI is InChI=1S/C25H28N2O3/c1-3-30-24-16-23(17-8-7-11-20(14-17)29-2)27-22-13-12-18(15-21(22)24)25(28)26-19-9-5-4-6-10-19/h7-8,11-16,19H,3-6,9-10H2,1-2H3,(H,26,28). The number of aromatic nitrogens is 1. The Labute approximate surface area is 177 Å². The molecule has 0 unspecified atom stereocenters. The Balaban J connectivity index is 1.68. The maximum Gasteiger partial charge on any atom is 0.251 e. The Kier molecular flexibility index (Phi) is 6.17. The average Bonchev–Trinajstić information content (AvgIpc) is 2.79. The number of hydrogen-bond acceptors (Lipinski definition) is 4. The second-order valence-electron chi connectivity index (χ2n) is 7.71. The van der Waals surface area contributed by atoms with Crippen molar-refractivity contribution >= 4 is 16.8 Å². The number of nitrogens with zero attached hydrogens (tertiary/aromatic N) is 1. The SMILES string of the molecule is CCOc1cc(-c2cccc(OC)c2)nc2ccc(C(=O)NC3CCCCC3)cc12. The normalized spacial score (nSPS) is 14.5.